The topological polar surface area (TPSA) is 47.0 Å². The van der Waals surface area contributed by atoms with Crippen molar-refractivity contribution in [2.75, 3.05) is 46.8 Å². The third kappa shape index (κ3) is 4.24. The van der Waals surface area contributed by atoms with Crippen molar-refractivity contribution in [3.8, 4) is 0 Å². The van der Waals surface area contributed by atoms with Crippen molar-refractivity contribution in [1.82, 2.24) is 14.7 Å². The van der Waals surface area contributed by atoms with Crippen LogP contribution >= 0.6 is 0 Å². The molecular weight excluding hydrogens is 333 g/mol. The van der Waals surface area contributed by atoms with Gasteiger partial charge >= 0.3 is 0 Å². The van der Waals surface area contributed by atoms with Crippen LogP contribution in [0.2, 0.25) is 0 Å². The van der Waals surface area contributed by atoms with Crippen LogP contribution in [0.15, 0.2) is 24.3 Å². The smallest absolute Gasteiger partial charge is 0.244 e. The largest absolute Gasteiger partial charge is 0.388 e. The number of likely N-dealkylation sites (N-methyl/N-ethyl adjacent to an activating group) is 1. The molecule has 1 aromatic carbocycles. The predicted molar refractivity (Wildman–Crippen MR) is 99.3 cm³/mol. The van der Waals surface area contributed by atoms with E-state index in [0.717, 1.165) is 13.1 Å². The lowest BCUT2D eigenvalue weighted by Gasteiger charge is -2.41. The average Bonchev–Trinajstić information content (AvgIpc) is 3.09. The van der Waals surface area contributed by atoms with Crippen LogP contribution in [-0.4, -0.2) is 78.1 Å². The molecule has 0 bridgehead atoms. The molecule has 0 radical (unpaired) electrons. The second-order valence-corrected chi connectivity index (χ2v) is 7.92. The number of nitrogens with zero attached hydrogens (tertiary/aromatic N) is 3. The number of carbonyl (C=O) groups excluding carboxylic acids is 1. The summed E-state index contributed by atoms with van der Waals surface area (Å²) < 4.78 is 14.2. The van der Waals surface area contributed by atoms with E-state index in [1.54, 1.807) is 42.1 Å². The van der Waals surface area contributed by atoms with Gasteiger partial charge in [-0.2, -0.15) is 0 Å². The molecule has 0 aliphatic carbocycles. The molecule has 0 saturated carbocycles. The molecule has 1 aromatic rings. The average molecular weight is 363 g/mol. The maximum absolute atomic E-state index is 14.2. The van der Waals surface area contributed by atoms with Crippen LogP contribution in [0.4, 0.5) is 4.39 Å². The van der Waals surface area contributed by atoms with Crippen LogP contribution in [-0.2, 0) is 4.79 Å². The number of likely N-dealkylation sites (tertiary alicyclic amines) is 2. The number of piperidine rings is 1. The van der Waals surface area contributed by atoms with Gasteiger partial charge in [-0.25, -0.2) is 4.39 Å². The van der Waals surface area contributed by atoms with E-state index >= 15 is 0 Å². The molecule has 1 atom stereocenters. The highest BCUT2D eigenvalue weighted by atomic mass is 19.1. The van der Waals surface area contributed by atoms with E-state index in [4.69, 9.17) is 0 Å². The van der Waals surface area contributed by atoms with Crippen molar-refractivity contribution in [3.63, 3.8) is 0 Å². The van der Waals surface area contributed by atoms with Crippen molar-refractivity contribution in [2.45, 2.75) is 37.3 Å². The minimum Gasteiger partial charge on any atom is -0.388 e. The number of halogens is 1. The molecule has 144 valence electrons. The summed E-state index contributed by atoms with van der Waals surface area (Å²) in [6, 6.07) is 5.82. The van der Waals surface area contributed by atoms with Gasteiger partial charge in [-0.1, -0.05) is 18.2 Å². The summed E-state index contributed by atoms with van der Waals surface area (Å²) in [7, 11) is 3.59. The predicted octanol–water partition coefficient (Wildman–Crippen LogP) is 1.88. The van der Waals surface area contributed by atoms with Crippen LogP contribution in [0, 0.1) is 5.82 Å². The monoisotopic (exact) mass is 363 g/mol. The van der Waals surface area contributed by atoms with E-state index in [2.05, 4.69) is 4.90 Å². The number of carbonyl (C=O) groups is 1. The highest BCUT2D eigenvalue weighted by Crippen LogP contribution is 2.29. The van der Waals surface area contributed by atoms with Gasteiger partial charge in [-0.3, -0.25) is 9.69 Å². The first-order valence-electron chi connectivity index (χ1n) is 9.54. The summed E-state index contributed by atoms with van der Waals surface area (Å²) in [5.74, 6) is -0.453. The third-order valence-electron chi connectivity index (χ3n) is 5.67. The van der Waals surface area contributed by atoms with Gasteiger partial charge in [0.1, 0.15) is 11.9 Å². The van der Waals surface area contributed by atoms with E-state index in [9.17, 15) is 14.3 Å². The van der Waals surface area contributed by atoms with E-state index in [1.165, 1.54) is 18.9 Å². The Morgan fingerprint density at radius 1 is 1.19 bits per heavy atom. The summed E-state index contributed by atoms with van der Waals surface area (Å²) in [4.78, 5) is 18.9. The third-order valence-corrected chi connectivity index (χ3v) is 5.67. The highest BCUT2D eigenvalue weighted by Gasteiger charge is 2.38. The molecule has 2 aliphatic heterocycles. The first kappa shape index (κ1) is 19.3. The van der Waals surface area contributed by atoms with Gasteiger partial charge in [0.2, 0.25) is 5.91 Å². The van der Waals surface area contributed by atoms with Crippen LogP contribution in [0.1, 0.15) is 37.3 Å². The number of amides is 1. The van der Waals surface area contributed by atoms with Crippen molar-refractivity contribution >= 4 is 5.91 Å². The molecule has 1 N–H and O–H groups in total. The Labute approximate surface area is 155 Å². The van der Waals surface area contributed by atoms with Crippen molar-refractivity contribution in [3.05, 3.63) is 35.6 Å². The lowest BCUT2D eigenvalue weighted by Crippen LogP contribution is -2.53. The molecule has 6 heteroatoms. The minimum absolute atomic E-state index is 0.0941. The summed E-state index contributed by atoms with van der Waals surface area (Å²) in [6.45, 7) is 3.84. The Hall–Kier alpha value is -1.50. The van der Waals surface area contributed by atoms with E-state index in [0.29, 0.717) is 38.0 Å². The van der Waals surface area contributed by atoms with Crippen LogP contribution < -0.4 is 0 Å². The Morgan fingerprint density at radius 3 is 2.38 bits per heavy atom. The number of hydrogen-bond donors (Lipinski definition) is 1. The Morgan fingerprint density at radius 2 is 1.81 bits per heavy atom. The summed E-state index contributed by atoms with van der Waals surface area (Å²) in [6.07, 6.45) is 3.56. The number of β-amino-alcohol motifs (C(OH)–C–C–N with tert-alkyl or cyclic N) is 1. The maximum Gasteiger partial charge on any atom is 0.244 e. The highest BCUT2D eigenvalue weighted by molar-refractivity contribution is 5.83. The molecule has 2 heterocycles. The van der Waals surface area contributed by atoms with Gasteiger partial charge in [0, 0.05) is 25.2 Å². The Kier molecular flexibility index (Phi) is 5.95. The van der Waals surface area contributed by atoms with Gasteiger partial charge < -0.3 is 14.9 Å². The second kappa shape index (κ2) is 8.03. The molecule has 2 aliphatic rings. The summed E-state index contributed by atoms with van der Waals surface area (Å²) in [5.41, 5.74) is -0.312. The first-order valence-corrected chi connectivity index (χ1v) is 9.54. The van der Waals surface area contributed by atoms with Gasteiger partial charge in [-0.15, -0.1) is 0 Å². The standard InChI is InChI=1S/C20H30FN3O2/c1-22(2)18(16-7-3-4-8-17(16)21)19(25)24-13-9-20(26,10-14-24)15-23-11-5-6-12-23/h3-4,7-8,18,26H,5-6,9-15H2,1-2H3. The molecule has 0 aromatic heterocycles. The van der Waals surface area contributed by atoms with Crippen molar-refractivity contribution in [2.24, 2.45) is 0 Å². The maximum atomic E-state index is 14.2. The zero-order valence-corrected chi connectivity index (χ0v) is 15.8. The fourth-order valence-corrected chi connectivity index (χ4v) is 4.16. The Balaban J connectivity index is 1.65. The quantitative estimate of drug-likeness (QED) is 0.868. The molecule has 1 amide bonds. The molecule has 1 unspecified atom stereocenters. The first-order chi connectivity index (χ1) is 12.4. The SMILES string of the molecule is CN(C)C(C(=O)N1CCC(O)(CN2CCCC2)CC1)c1ccccc1F. The second-order valence-electron chi connectivity index (χ2n) is 7.92. The lowest BCUT2D eigenvalue weighted by molar-refractivity contribution is -0.141. The number of aliphatic hydroxyl groups is 1. The fraction of sp³-hybridized carbons (Fsp3) is 0.650. The van der Waals surface area contributed by atoms with E-state index in [1.807, 2.05) is 0 Å². The van der Waals surface area contributed by atoms with Gasteiger partial charge in [0.15, 0.2) is 0 Å². The van der Waals surface area contributed by atoms with Crippen LogP contribution in [0.3, 0.4) is 0 Å². The molecule has 3 rings (SSSR count). The van der Waals surface area contributed by atoms with E-state index < -0.39 is 11.6 Å². The van der Waals surface area contributed by atoms with E-state index in [-0.39, 0.29) is 11.7 Å². The molecule has 5 nitrogen and oxygen atoms in total. The normalized spacial score (nSPS) is 22.0. The number of rotatable bonds is 5. The molecular formula is C20H30FN3O2. The molecule has 2 saturated heterocycles. The summed E-state index contributed by atoms with van der Waals surface area (Å²) in [5, 5.41) is 10.9. The summed E-state index contributed by atoms with van der Waals surface area (Å²) >= 11 is 0. The molecule has 26 heavy (non-hydrogen) atoms. The zero-order chi connectivity index (χ0) is 18.7. The van der Waals surface area contributed by atoms with Crippen LogP contribution in [0.25, 0.3) is 0 Å². The zero-order valence-electron chi connectivity index (χ0n) is 15.8. The minimum atomic E-state index is -0.716. The molecule has 0 spiro atoms. The number of benzene rings is 1. The van der Waals surface area contributed by atoms with Gasteiger partial charge in [0.25, 0.3) is 0 Å². The van der Waals surface area contributed by atoms with Crippen LogP contribution in [0.5, 0.6) is 0 Å². The Bertz CT molecular complexity index is 623. The van der Waals surface area contributed by atoms with Gasteiger partial charge in [-0.05, 0) is 58.9 Å². The van der Waals surface area contributed by atoms with Gasteiger partial charge in [0.05, 0.1) is 5.60 Å². The van der Waals surface area contributed by atoms with Crippen molar-refractivity contribution < 1.29 is 14.3 Å². The fourth-order valence-electron chi connectivity index (χ4n) is 4.16. The van der Waals surface area contributed by atoms with Crippen molar-refractivity contribution in [1.29, 1.82) is 0 Å². The lowest BCUT2D eigenvalue weighted by atomic mass is 9.90. The molecule has 2 fully saturated rings. The number of hydrogen-bond acceptors (Lipinski definition) is 4.